The molecule has 128 valence electrons. The standard InChI is InChI=1S/C16H15N5O3S/c1-3-13(14(22)19-16-21-20-9(2)25-16)24-15(23)12-8-17-10-6-4-5-7-11(10)18-12/h4-8,13H,3H2,1-2H3,(H,19,21,22). The molecule has 1 atom stereocenters. The van der Waals surface area contributed by atoms with Gasteiger partial charge in [0.05, 0.1) is 17.2 Å². The zero-order valence-electron chi connectivity index (χ0n) is 13.6. The second-order valence-electron chi connectivity index (χ2n) is 5.16. The van der Waals surface area contributed by atoms with Crippen molar-refractivity contribution in [1.29, 1.82) is 0 Å². The second kappa shape index (κ2) is 7.31. The Morgan fingerprint density at radius 2 is 2.00 bits per heavy atom. The maximum atomic E-state index is 12.3. The van der Waals surface area contributed by atoms with E-state index in [1.54, 1.807) is 32.0 Å². The van der Waals surface area contributed by atoms with E-state index in [0.717, 1.165) is 5.01 Å². The zero-order chi connectivity index (χ0) is 17.8. The summed E-state index contributed by atoms with van der Waals surface area (Å²) in [4.78, 5) is 32.9. The largest absolute Gasteiger partial charge is 0.447 e. The second-order valence-corrected chi connectivity index (χ2v) is 6.34. The molecule has 25 heavy (non-hydrogen) atoms. The molecule has 0 saturated heterocycles. The van der Waals surface area contributed by atoms with Crippen LogP contribution in [0.4, 0.5) is 5.13 Å². The number of carbonyl (C=O) groups excluding carboxylic acids is 2. The lowest BCUT2D eigenvalue weighted by Crippen LogP contribution is -2.32. The van der Waals surface area contributed by atoms with Crippen molar-refractivity contribution in [2.45, 2.75) is 26.4 Å². The van der Waals surface area contributed by atoms with E-state index < -0.39 is 18.0 Å². The number of nitrogens with one attached hydrogen (secondary N) is 1. The third-order valence-corrected chi connectivity index (χ3v) is 4.08. The number of anilines is 1. The van der Waals surface area contributed by atoms with Crippen molar-refractivity contribution < 1.29 is 14.3 Å². The Kier molecular flexibility index (Phi) is 4.94. The van der Waals surface area contributed by atoms with Crippen molar-refractivity contribution in [3.05, 3.63) is 41.2 Å². The lowest BCUT2D eigenvalue weighted by molar-refractivity contribution is -0.124. The van der Waals surface area contributed by atoms with Crippen molar-refractivity contribution in [3.63, 3.8) is 0 Å². The molecule has 0 bridgehead atoms. The van der Waals surface area contributed by atoms with Crippen molar-refractivity contribution >= 4 is 39.4 Å². The molecule has 0 aliphatic carbocycles. The first-order valence-corrected chi connectivity index (χ1v) is 8.42. The van der Waals surface area contributed by atoms with Crippen LogP contribution in [-0.2, 0) is 9.53 Å². The van der Waals surface area contributed by atoms with Gasteiger partial charge in [-0.05, 0) is 25.5 Å². The lowest BCUT2D eigenvalue weighted by Gasteiger charge is -2.14. The van der Waals surface area contributed by atoms with Gasteiger partial charge in [-0.25, -0.2) is 9.78 Å². The molecular weight excluding hydrogens is 342 g/mol. The SMILES string of the molecule is CCC(OC(=O)c1cnc2ccccc2n1)C(=O)Nc1nnc(C)s1. The van der Waals surface area contributed by atoms with Crippen LogP contribution in [0.2, 0.25) is 0 Å². The maximum Gasteiger partial charge on any atom is 0.359 e. The fraction of sp³-hybridized carbons (Fsp3) is 0.250. The molecule has 3 rings (SSSR count). The Morgan fingerprint density at radius 1 is 1.24 bits per heavy atom. The van der Waals surface area contributed by atoms with Gasteiger partial charge in [-0.15, -0.1) is 10.2 Å². The van der Waals surface area contributed by atoms with Crippen LogP contribution >= 0.6 is 11.3 Å². The predicted molar refractivity (Wildman–Crippen MR) is 92.3 cm³/mol. The summed E-state index contributed by atoms with van der Waals surface area (Å²) in [5.74, 6) is -1.16. The Balaban J connectivity index is 1.71. The Morgan fingerprint density at radius 3 is 2.68 bits per heavy atom. The average Bonchev–Trinajstić information content (AvgIpc) is 3.03. The van der Waals surface area contributed by atoms with Crippen LogP contribution in [0.3, 0.4) is 0 Å². The molecule has 0 aliphatic rings. The number of aromatic nitrogens is 4. The fourth-order valence-electron chi connectivity index (χ4n) is 2.10. The molecular formula is C16H15N5O3S. The summed E-state index contributed by atoms with van der Waals surface area (Å²) in [6, 6.07) is 7.19. The number of hydrogen-bond donors (Lipinski definition) is 1. The fourth-order valence-corrected chi connectivity index (χ4v) is 2.70. The maximum absolute atomic E-state index is 12.3. The Bertz CT molecular complexity index is 927. The number of aryl methyl sites for hydroxylation is 1. The van der Waals surface area contributed by atoms with Crippen LogP contribution < -0.4 is 5.32 Å². The number of ether oxygens (including phenoxy) is 1. The molecule has 0 spiro atoms. The van der Waals surface area contributed by atoms with Crippen LogP contribution in [0.1, 0.15) is 28.8 Å². The highest BCUT2D eigenvalue weighted by molar-refractivity contribution is 7.15. The number of para-hydroxylation sites is 2. The van der Waals surface area contributed by atoms with Crippen molar-refractivity contribution in [2.75, 3.05) is 5.32 Å². The third-order valence-electron chi connectivity index (χ3n) is 3.33. The first-order chi connectivity index (χ1) is 12.1. The van der Waals surface area contributed by atoms with Gasteiger partial charge in [0, 0.05) is 0 Å². The number of esters is 1. The van der Waals surface area contributed by atoms with Gasteiger partial charge in [0.25, 0.3) is 5.91 Å². The van der Waals surface area contributed by atoms with Gasteiger partial charge >= 0.3 is 5.97 Å². The van der Waals surface area contributed by atoms with E-state index >= 15 is 0 Å². The number of hydrogen-bond acceptors (Lipinski definition) is 8. The van der Waals surface area contributed by atoms with Crippen LogP contribution in [0, 0.1) is 6.92 Å². The predicted octanol–water partition coefficient (Wildman–Crippen LogP) is 2.36. The number of nitrogens with zero attached hydrogens (tertiary/aromatic N) is 4. The van der Waals surface area contributed by atoms with Crippen LogP contribution in [0.25, 0.3) is 11.0 Å². The molecule has 3 aromatic rings. The van der Waals surface area contributed by atoms with E-state index in [1.807, 2.05) is 6.07 Å². The van der Waals surface area contributed by atoms with Crippen LogP contribution in [-0.4, -0.2) is 38.1 Å². The number of benzene rings is 1. The molecule has 0 fully saturated rings. The lowest BCUT2D eigenvalue weighted by atomic mass is 10.2. The van der Waals surface area contributed by atoms with Gasteiger partial charge in [0.2, 0.25) is 5.13 Å². The average molecular weight is 357 g/mol. The smallest absolute Gasteiger partial charge is 0.359 e. The zero-order valence-corrected chi connectivity index (χ0v) is 14.4. The van der Waals surface area contributed by atoms with E-state index in [1.165, 1.54) is 17.5 Å². The molecule has 2 aromatic heterocycles. The van der Waals surface area contributed by atoms with Crippen LogP contribution in [0.5, 0.6) is 0 Å². The molecule has 1 amide bonds. The monoisotopic (exact) mass is 357 g/mol. The molecule has 2 heterocycles. The van der Waals surface area contributed by atoms with Gasteiger partial charge in [-0.1, -0.05) is 30.4 Å². The number of fused-ring (bicyclic) bond motifs is 1. The highest BCUT2D eigenvalue weighted by Gasteiger charge is 2.24. The van der Waals surface area contributed by atoms with E-state index in [0.29, 0.717) is 22.6 Å². The molecule has 8 nitrogen and oxygen atoms in total. The topological polar surface area (TPSA) is 107 Å². The summed E-state index contributed by atoms with van der Waals surface area (Å²) in [5.41, 5.74) is 1.31. The minimum atomic E-state index is -0.954. The van der Waals surface area contributed by atoms with Crippen molar-refractivity contribution in [2.24, 2.45) is 0 Å². The summed E-state index contributed by atoms with van der Waals surface area (Å²) in [6.45, 7) is 3.53. The summed E-state index contributed by atoms with van der Waals surface area (Å²) >= 11 is 1.24. The molecule has 1 aromatic carbocycles. The normalized spacial score (nSPS) is 11.9. The van der Waals surface area contributed by atoms with Gasteiger partial charge in [0.1, 0.15) is 5.01 Å². The molecule has 0 radical (unpaired) electrons. The molecule has 9 heteroatoms. The van der Waals surface area contributed by atoms with Gasteiger partial charge < -0.3 is 4.74 Å². The van der Waals surface area contributed by atoms with Gasteiger partial charge in [0.15, 0.2) is 11.8 Å². The van der Waals surface area contributed by atoms with Crippen molar-refractivity contribution in [1.82, 2.24) is 20.2 Å². The minimum Gasteiger partial charge on any atom is -0.447 e. The van der Waals surface area contributed by atoms with E-state index in [9.17, 15) is 9.59 Å². The highest BCUT2D eigenvalue weighted by Crippen LogP contribution is 2.15. The van der Waals surface area contributed by atoms with E-state index in [4.69, 9.17) is 4.74 Å². The van der Waals surface area contributed by atoms with Crippen molar-refractivity contribution in [3.8, 4) is 0 Å². The summed E-state index contributed by atoms with van der Waals surface area (Å²) in [5, 5.41) is 11.3. The Hall–Kier alpha value is -2.94. The summed E-state index contributed by atoms with van der Waals surface area (Å²) in [6.07, 6.45) is 0.699. The molecule has 1 N–H and O–H groups in total. The number of rotatable bonds is 5. The molecule has 0 aliphatic heterocycles. The molecule has 0 saturated carbocycles. The third kappa shape index (κ3) is 3.94. The summed E-state index contributed by atoms with van der Waals surface area (Å²) in [7, 11) is 0. The number of carbonyl (C=O) groups is 2. The minimum absolute atomic E-state index is 0.0525. The van der Waals surface area contributed by atoms with E-state index in [-0.39, 0.29) is 5.69 Å². The quantitative estimate of drug-likeness (QED) is 0.698. The first-order valence-electron chi connectivity index (χ1n) is 7.60. The molecule has 1 unspecified atom stereocenters. The van der Waals surface area contributed by atoms with E-state index in [2.05, 4.69) is 25.5 Å². The van der Waals surface area contributed by atoms with Crippen LogP contribution in [0.15, 0.2) is 30.5 Å². The first kappa shape index (κ1) is 16.9. The number of amides is 1. The van der Waals surface area contributed by atoms with Gasteiger partial charge in [-0.2, -0.15) is 0 Å². The highest BCUT2D eigenvalue weighted by atomic mass is 32.1. The summed E-state index contributed by atoms with van der Waals surface area (Å²) < 4.78 is 5.28. The Labute approximate surface area is 147 Å². The van der Waals surface area contributed by atoms with Gasteiger partial charge in [-0.3, -0.25) is 15.1 Å².